The Balaban J connectivity index is 1.14. The summed E-state index contributed by atoms with van der Waals surface area (Å²) >= 11 is 0. The molecule has 0 unspecified atom stereocenters. The highest BCUT2D eigenvalue weighted by Gasteiger charge is 2.38. The van der Waals surface area contributed by atoms with Crippen LogP contribution < -0.4 is 15.1 Å². The molecule has 7 nitrogen and oxygen atoms in total. The quantitative estimate of drug-likeness (QED) is 0.535. The van der Waals surface area contributed by atoms with Crippen molar-refractivity contribution in [2.45, 2.75) is 37.4 Å². The van der Waals surface area contributed by atoms with Crippen LogP contribution in [0.25, 0.3) is 11.0 Å². The van der Waals surface area contributed by atoms with E-state index in [9.17, 15) is 10.2 Å². The zero-order valence-corrected chi connectivity index (χ0v) is 19.2. The Morgan fingerprint density at radius 1 is 0.879 bits per heavy atom. The largest absolute Gasteiger partial charge is 0.388 e. The van der Waals surface area contributed by atoms with E-state index in [0.29, 0.717) is 38.9 Å². The van der Waals surface area contributed by atoms with Gasteiger partial charge in [-0.25, -0.2) is 0 Å². The van der Waals surface area contributed by atoms with Gasteiger partial charge in [-0.3, -0.25) is 9.97 Å². The number of rotatable bonds is 6. The molecular weight excluding hydrogens is 414 g/mol. The first-order valence-electron chi connectivity index (χ1n) is 11.9. The molecule has 0 bridgehead atoms. The molecule has 1 atom stereocenters. The fourth-order valence-corrected chi connectivity index (χ4v) is 5.14. The molecule has 174 valence electrons. The average molecular weight is 448 g/mol. The van der Waals surface area contributed by atoms with Gasteiger partial charge in [-0.1, -0.05) is 12.1 Å². The minimum Gasteiger partial charge on any atom is -0.388 e. The van der Waals surface area contributed by atoms with E-state index in [4.69, 9.17) is 0 Å². The fraction of sp³-hybridized carbons (Fsp3) is 0.462. The van der Waals surface area contributed by atoms with Crippen molar-refractivity contribution in [2.75, 3.05) is 49.1 Å². The normalized spacial score (nSPS) is 22.8. The van der Waals surface area contributed by atoms with E-state index >= 15 is 0 Å². The van der Waals surface area contributed by atoms with Crippen LogP contribution in [0, 0.1) is 6.92 Å². The van der Waals surface area contributed by atoms with Crippen LogP contribution in [0.2, 0.25) is 0 Å². The van der Waals surface area contributed by atoms with Crippen LogP contribution in [0.15, 0.2) is 54.9 Å². The van der Waals surface area contributed by atoms with Crippen LogP contribution >= 0.6 is 0 Å². The topological polar surface area (TPSA) is 84.8 Å². The summed E-state index contributed by atoms with van der Waals surface area (Å²) in [5.41, 5.74) is 3.66. The molecule has 0 spiro atoms. The lowest BCUT2D eigenvalue weighted by molar-refractivity contribution is 0.00642. The van der Waals surface area contributed by atoms with Gasteiger partial charge in [-0.2, -0.15) is 0 Å². The molecule has 2 aromatic heterocycles. The molecule has 3 aromatic rings. The number of aromatic nitrogens is 2. The smallest absolute Gasteiger partial charge is 0.112 e. The van der Waals surface area contributed by atoms with Gasteiger partial charge in [0.25, 0.3) is 0 Å². The van der Waals surface area contributed by atoms with Gasteiger partial charge < -0.3 is 25.3 Å². The molecule has 2 aliphatic rings. The highest BCUT2D eigenvalue weighted by Crippen LogP contribution is 2.31. The second kappa shape index (κ2) is 8.89. The van der Waals surface area contributed by atoms with Gasteiger partial charge in [0.05, 0.1) is 22.4 Å². The van der Waals surface area contributed by atoms with E-state index in [2.05, 4.69) is 56.3 Å². The summed E-state index contributed by atoms with van der Waals surface area (Å²) in [5.74, 6) is 0. The molecule has 4 heterocycles. The number of β-amino-alcohol motifs (C(OH)–C–C–N with tert-alkyl or cyclic N) is 1. The summed E-state index contributed by atoms with van der Waals surface area (Å²) in [6.45, 7) is 6.04. The van der Waals surface area contributed by atoms with Crippen LogP contribution in [0.1, 0.15) is 24.8 Å². The number of benzene rings is 1. The Morgan fingerprint density at radius 2 is 1.64 bits per heavy atom. The first-order valence-corrected chi connectivity index (χ1v) is 11.9. The first kappa shape index (κ1) is 22.1. The summed E-state index contributed by atoms with van der Waals surface area (Å²) < 4.78 is 0. The van der Waals surface area contributed by atoms with Crippen molar-refractivity contribution in [3.63, 3.8) is 0 Å². The number of hydrogen-bond donors (Lipinski definition) is 3. The average Bonchev–Trinajstić information content (AvgIpc) is 3.21. The second-order valence-corrected chi connectivity index (χ2v) is 9.75. The Morgan fingerprint density at radius 3 is 2.45 bits per heavy atom. The number of aliphatic hydroxyl groups is 2. The first-order chi connectivity index (χ1) is 15.9. The molecule has 0 amide bonds. The number of aryl methyl sites for hydroxylation is 1. The van der Waals surface area contributed by atoms with Crippen LogP contribution in [-0.2, 0) is 0 Å². The van der Waals surface area contributed by atoms with E-state index in [1.807, 2.05) is 18.2 Å². The van der Waals surface area contributed by atoms with Gasteiger partial charge in [0.1, 0.15) is 5.52 Å². The third-order valence-corrected chi connectivity index (χ3v) is 7.12. The van der Waals surface area contributed by atoms with Crippen molar-refractivity contribution < 1.29 is 10.2 Å². The maximum Gasteiger partial charge on any atom is 0.112 e. The third-order valence-electron chi connectivity index (χ3n) is 7.12. The predicted molar refractivity (Wildman–Crippen MR) is 132 cm³/mol. The lowest BCUT2D eigenvalue weighted by Crippen LogP contribution is -2.53. The molecule has 2 fully saturated rings. The zero-order chi connectivity index (χ0) is 22.9. The molecule has 2 saturated heterocycles. The summed E-state index contributed by atoms with van der Waals surface area (Å²) in [7, 11) is 0. The predicted octanol–water partition coefficient (Wildman–Crippen LogP) is 2.50. The molecule has 3 N–H and O–H groups in total. The molecule has 7 heteroatoms. The molecule has 2 aliphatic heterocycles. The Kier molecular flexibility index (Phi) is 5.95. The molecule has 0 aliphatic carbocycles. The summed E-state index contributed by atoms with van der Waals surface area (Å²) in [5, 5.41) is 25.7. The highest BCUT2D eigenvalue weighted by atomic mass is 16.3. The standard InChI is InChI=1S/C26H33N5O2/c1-20-4-2-5-21(16-20)30-13-8-25(32,9-14-30)17-27-18-26(33)10-15-31(19-26)23-7-12-28-22-6-3-11-29-24(22)23/h2-7,11-12,16,27,32-33H,8-10,13-15,17-19H2,1H3/t26-/m0/s1. The molecule has 33 heavy (non-hydrogen) atoms. The van der Waals surface area contributed by atoms with Crippen molar-refractivity contribution in [3.05, 3.63) is 60.4 Å². The summed E-state index contributed by atoms with van der Waals surface area (Å²) in [4.78, 5) is 13.4. The van der Waals surface area contributed by atoms with Crippen molar-refractivity contribution in [1.29, 1.82) is 0 Å². The van der Waals surface area contributed by atoms with Crippen LogP contribution in [0.4, 0.5) is 11.4 Å². The SMILES string of the molecule is Cc1cccc(N2CCC(O)(CNC[C@@]3(O)CCN(c4ccnc5cccnc45)C3)CC2)c1. The minimum absolute atomic E-state index is 0.462. The van der Waals surface area contributed by atoms with E-state index in [1.165, 1.54) is 11.3 Å². The number of pyridine rings is 2. The number of piperidine rings is 1. The summed E-state index contributed by atoms with van der Waals surface area (Å²) in [6.07, 6.45) is 5.69. The van der Waals surface area contributed by atoms with Crippen LogP contribution in [-0.4, -0.2) is 70.7 Å². The van der Waals surface area contributed by atoms with Gasteiger partial charge in [-0.15, -0.1) is 0 Å². The molecule has 0 radical (unpaired) electrons. The van der Waals surface area contributed by atoms with Gasteiger partial charge >= 0.3 is 0 Å². The van der Waals surface area contributed by atoms with Gasteiger partial charge in [0.2, 0.25) is 0 Å². The van der Waals surface area contributed by atoms with Crippen molar-refractivity contribution in [3.8, 4) is 0 Å². The zero-order valence-electron chi connectivity index (χ0n) is 19.2. The number of anilines is 2. The van der Waals surface area contributed by atoms with E-state index in [-0.39, 0.29) is 0 Å². The van der Waals surface area contributed by atoms with Gasteiger partial charge in [0, 0.05) is 57.3 Å². The number of fused-ring (bicyclic) bond motifs is 1. The Hall–Kier alpha value is -2.74. The van der Waals surface area contributed by atoms with E-state index in [0.717, 1.165) is 36.4 Å². The van der Waals surface area contributed by atoms with Gasteiger partial charge in [0.15, 0.2) is 0 Å². The maximum absolute atomic E-state index is 11.2. The van der Waals surface area contributed by atoms with Crippen molar-refractivity contribution in [1.82, 2.24) is 15.3 Å². The molecule has 5 rings (SSSR count). The molecule has 0 saturated carbocycles. The van der Waals surface area contributed by atoms with E-state index < -0.39 is 11.2 Å². The van der Waals surface area contributed by atoms with Crippen LogP contribution in [0.5, 0.6) is 0 Å². The number of nitrogens with zero attached hydrogens (tertiary/aromatic N) is 4. The number of nitrogens with one attached hydrogen (secondary N) is 1. The van der Waals surface area contributed by atoms with Gasteiger partial charge in [-0.05, 0) is 62.1 Å². The molecule has 1 aromatic carbocycles. The van der Waals surface area contributed by atoms with Crippen LogP contribution in [0.3, 0.4) is 0 Å². The monoisotopic (exact) mass is 447 g/mol. The third kappa shape index (κ3) is 4.81. The van der Waals surface area contributed by atoms with E-state index in [1.54, 1.807) is 12.4 Å². The van der Waals surface area contributed by atoms with Crippen molar-refractivity contribution in [2.24, 2.45) is 0 Å². The Bertz CT molecular complexity index is 1110. The summed E-state index contributed by atoms with van der Waals surface area (Å²) in [6, 6.07) is 14.4. The lowest BCUT2D eigenvalue weighted by atomic mass is 9.90. The maximum atomic E-state index is 11.2. The fourth-order valence-electron chi connectivity index (χ4n) is 5.14. The lowest BCUT2D eigenvalue weighted by Gasteiger charge is -2.40. The Labute approximate surface area is 195 Å². The highest BCUT2D eigenvalue weighted by molar-refractivity contribution is 5.87. The minimum atomic E-state index is -0.830. The second-order valence-electron chi connectivity index (χ2n) is 9.75. The number of hydrogen-bond acceptors (Lipinski definition) is 7. The van der Waals surface area contributed by atoms with Crippen molar-refractivity contribution >= 4 is 22.4 Å². The molecular formula is C26H33N5O2.